The minimum atomic E-state index is -1.13. The highest BCUT2D eigenvalue weighted by Gasteiger charge is 2.69. The van der Waals surface area contributed by atoms with E-state index in [2.05, 4.69) is 17.6 Å². The molecule has 3 aliphatic rings. The predicted octanol–water partition coefficient (Wildman–Crippen LogP) is 0.862. The van der Waals surface area contributed by atoms with E-state index in [0.717, 1.165) is 29.2 Å². The number of hydrogen-bond acceptors (Lipinski definition) is 5. The molecule has 1 spiro atoms. The van der Waals surface area contributed by atoms with E-state index < -0.39 is 17.4 Å². The third-order valence-electron chi connectivity index (χ3n) is 5.61. The van der Waals surface area contributed by atoms with Gasteiger partial charge in [-0.25, -0.2) is 0 Å². The van der Waals surface area contributed by atoms with Gasteiger partial charge < -0.3 is 4.90 Å². The molecule has 4 rings (SSSR count). The highest BCUT2D eigenvalue weighted by atomic mass is 32.2. The first-order valence-corrected chi connectivity index (χ1v) is 9.75. The fraction of sp³-hybridized carbons (Fsp3) is 0.500. The zero-order chi connectivity index (χ0) is 17.8. The number of nitrogens with zero attached hydrogens (tertiary/aromatic N) is 1. The van der Waals surface area contributed by atoms with Crippen molar-refractivity contribution >= 4 is 35.2 Å². The van der Waals surface area contributed by atoms with Crippen LogP contribution in [0, 0.1) is 11.8 Å². The van der Waals surface area contributed by atoms with Crippen molar-refractivity contribution in [2.45, 2.75) is 24.9 Å². The van der Waals surface area contributed by atoms with Gasteiger partial charge in [0.1, 0.15) is 5.54 Å². The molecule has 3 aliphatic heterocycles. The number of carbonyl (C=O) groups is 3. The molecule has 1 aromatic carbocycles. The smallest absolute Gasteiger partial charge is 0.252 e. The lowest BCUT2D eigenvalue weighted by atomic mass is 9.76. The normalized spacial score (nSPS) is 33.1. The predicted molar refractivity (Wildman–Crippen MR) is 96.2 cm³/mol. The number of fused-ring (bicyclic) bond motifs is 4. The Kier molecular flexibility index (Phi) is 3.88. The zero-order valence-electron chi connectivity index (χ0n) is 14.2. The van der Waals surface area contributed by atoms with Crippen molar-refractivity contribution in [2.24, 2.45) is 11.8 Å². The van der Waals surface area contributed by atoms with E-state index in [1.807, 2.05) is 24.3 Å². The molecule has 2 N–H and O–H groups in total. The quantitative estimate of drug-likeness (QED) is 0.616. The SMILES string of the molecule is CCSCCC1NC2(C(=O)N(C)c3ccccc32)C2C(=O)NC(=O)C12. The van der Waals surface area contributed by atoms with E-state index in [4.69, 9.17) is 0 Å². The average molecular weight is 359 g/mol. The van der Waals surface area contributed by atoms with Crippen LogP contribution in [0.5, 0.6) is 0 Å². The molecule has 0 saturated carbocycles. The first-order valence-electron chi connectivity index (χ1n) is 8.60. The van der Waals surface area contributed by atoms with Gasteiger partial charge in [-0.05, 0) is 24.0 Å². The Bertz CT molecular complexity index is 768. The van der Waals surface area contributed by atoms with Gasteiger partial charge in [0.05, 0.1) is 11.8 Å². The number of likely N-dealkylation sites (N-methyl/N-ethyl adjacent to an activating group) is 1. The Morgan fingerprint density at radius 3 is 2.72 bits per heavy atom. The van der Waals surface area contributed by atoms with Crippen LogP contribution in [0.4, 0.5) is 5.69 Å². The number of imide groups is 1. The van der Waals surface area contributed by atoms with E-state index in [9.17, 15) is 14.4 Å². The van der Waals surface area contributed by atoms with Gasteiger partial charge >= 0.3 is 0 Å². The van der Waals surface area contributed by atoms with Gasteiger partial charge in [0, 0.05) is 24.3 Å². The van der Waals surface area contributed by atoms with Crippen LogP contribution in [0.3, 0.4) is 0 Å². The van der Waals surface area contributed by atoms with E-state index in [0.29, 0.717) is 0 Å². The van der Waals surface area contributed by atoms with Crippen LogP contribution in [-0.4, -0.2) is 42.3 Å². The van der Waals surface area contributed by atoms with Crippen LogP contribution in [0.15, 0.2) is 24.3 Å². The summed E-state index contributed by atoms with van der Waals surface area (Å²) < 4.78 is 0. The molecular weight excluding hydrogens is 338 g/mol. The monoisotopic (exact) mass is 359 g/mol. The van der Waals surface area contributed by atoms with Crippen molar-refractivity contribution in [3.8, 4) is 0 Å². The number of anilines is 1. The van der Waals surface area contributed by atoms with Crippen LogP contribution in [0.1, 0.15) is 18.9 Å². The molecule has 0 aromatic heterocycles. The summed E-state index contributed by atoms with van der Waals surface area (Å²) in [4.78, 5) is 39.9. The first-order chi connectivity index (χ1) is 12.0. The lowest BCUT2D eigenvalue weighted by Gasteiger charge is -2.28. The Morgan fingerprint density at radius 1 is 1.20 bits per heavy atom. The van der Waals surface area contributed by atoms with Crippen LogP contribution in [0.2, 0.25) is 0 Å². The highest BCUT2D eigenvalue weighted by molar-refractivity contribution is 7.99. The molecule has 4 unspecified atom stereocenters. The molecule has 6 nitrogen and oxygen atoms in total. The fourth-order valence-electron chi connectivity index (χ4n) is 4.59. The lowest BCUT2D eigenvalue weighted by molar-refractivity contribution is -0.133. The molecule has 2 fully saturated rings. The summed E-state index contributed by atoms with van der Waals surface area (Å²) in [6, 6.07) is 7.34. The van der Waals surface area contributed by atoms with Crippen LogP contribution < -0.4 is 15.5 Å². The molecule has 25 heavy (non-hydrogen) atoms. The molecule has 7 heteroatoms. The minimum Gasteiger partial charge on any atom is -0.313 e. The molecule has 3 amide bonds. The van der Waals surface area contributed by atoms with Gasteiger partial charge in [0.25, 0.3) is 5.91 Å². The van der Waals surface area contributed by atoms with Crippen molar-refractivity contribution in [1.82, 2.24) is 10.6 Å². The van der Waals surface area contributed by atoms with Crippen molar-refractivity contribution in [1.29, 1.82) is 0 Å². The number of hydrogen-bond donors (Lipinski definition) is 2. The molecule has 0 bridgehead atoms. The van der Waals surface area contributed by atoms with Crippen molar-refractivity contribution in [3.05, 3.63) is 29.8 Å². The summed E-state index contributed by atoms with van der Waals surface area (Å²) in [5.74, 6) is -0.0393. The van der Waals surface area contributed by atoms with Gasteiger partial charge in [-0.15, -0.1) is 0 Å². The minimum absolute atomic E-state index is 0.154. The average Bonchev–Trinajstić information content (AvgIpc) is 3.17. The van der Waals surface area contributed by atoms with Crippen LogP contribution in [-0.2, 0) is 19.9 Å². The first kappa shape index (κ1) is 16.6. The largest absolute Gasteiger partial charge is 0.313 e. The van der Waals surface area contributed by atoms with E-state index >= 15 is 0 Å². The maximum absolute atomic E-state index is 13.2. The molecule has 2 saturated heterocycles. The number of thioether (sulfide) groups is 1. The summed E-state index contributed by atoms with van der Waals surface area (Å²) in [7, 11) is 1.72. The number of amides is 3. The maximum atomic E-state index is 13.2. The summed E-state index contributed by atoms with van der Waals surface area (Å²) in [5, 5.41) is 5.90. The number of para-hydroxylation sites is 1. The number of carbonyl (C=O) groups excluding carboxylic acids is 3. The number of benzene rings is 1. The van der Waals surface area contributed by atoms with E-state index in [1.165, 1.54) is 0 Å². The Balaban J connectivity index is 1.81. The van der Waals surface area contributed by atoms with Crippen molar-refractivity contribution in [2.75, 3.05) is 23.5 Å². The molecule has 4 atom stereocenters. The molecule has 0 aliphatic carbocycles. The number of nitrogens with one attached hydrogen (secondary N) is 2. The second-order valence-corrected chi connectivity index (χ2v) is 8.18. The summed E-state index contributed by atoms with van der Waals surface area (Å²) in [6.45, 7) is 2.09. The van der Waals surface area contributed by atoms with Gasteiger partial charge in [-0.1, -0.05) is 25.1 Å². The third-order valence-corrected chi connectivity index (χ3v) is 6.55. The molecular formula is C18H21N3O3S. The molecule has 1 aromatic rings. The fourth-order valence-corrected chi connectivity index (χ4v) is 5.29. The van der Waals surface area contributed by atoms with Crippen LogP contribution in [0.25, 0.3) is 0 Å². The Morgan fingerprint density at radius 2 is 1.96 bits per heavy atom. The number of rotatable bonds is 4. The molecule has 3 heterocycles. The second kappa shape index (κ2) is 5.85. The topological polar surface area (TPSA) is 78.5 Å². The standard InChI is InChI=1S/C18H21N3O3S/c1-3-25-9-8-11-13-14(16(23)19-15(13)22)18(20-11)10-6-4-5-7-12(10)21(2)17(18)24/h4-7,11,13-14,20H,3,8-9H2,1-2H3,(H,19,22,23). The lowest BCUT2D eigenvalue weighted by Crippen LogP contribution is -2.54. The highest BCUT2D eigenvalue weighted by Crippen LogP contribution is 2.53. The van der Waals surface area contributed by atoms with Crippen molar-refractivity contribution in [3.63, 3.8) is 0 Å². The summed E-state index contributed by atoms with van der Waals surface area (Å²) >= 11 is 1.80. The summed E-state index contributed by atoms with van der Waals surface area (Å²) in [5.41, 5.74) is 0.468. The second-order valence-electron chi connectivity index (χ2n) is 6.78. The van der Waals surface area contributed by atoms with Gasteiger partial charge in [0.2, 0.25) is 11.8 Å². The van der Waals surface area contributed by atoms with E-state index in [1.54, 1.807) is 23.7 Å². The molecule has 0 radical (unpaired) electrons. The third kappa shape index (κ3) is 2.12. The van der Waals surface area contributed by atoms with E-state index in [-0.39, 0.29) is 23.8 Å². The van der Waals surface area contributed by atoms with Gasteiger partial charge in [-0.2, -0.15) is 11.8 Å². The molecule has 132 valence electrons. The van der Waals surface area contributed by atoms with Crippen molar-refractivity contribution < 1.29 is 14.4 Å². The summed E-state index contributed by atoms with van der Waals surface area (Å²) in [6.07, 6.45) is 0.751. The zero-order valence-corrected chi connectivity index (χ0v) is 15.1. The Labute approximate surface area is 150 Å². The Hall–Kier alpha value is -1.86. The van der Waals surface area contributed by atoms with Gasteiger partial charge in [-0.3, -0.25) is 25.0 Å². The van der Waals surface area contributed by atoms with Gasteiger partial charge in [0.15, 0.2) is 0 Å². The maximum Gasteiger partial charge on any atom is 0.252 e. The van der Waals surface area contributed by atoms with Crippen LogP contribution >= 0.6 is 11.8 Å².